The van der Waals surface area contributed by atoms with Crippen molar-refractivity contribution in [2.75, 3.05) is 49.6 Å². The highest BCUT2D eigenvalue weighted by atomic mass is 19.4. The minimum absolute atomic E-state index is 0.134. The van der Waals surface area contributed by atoms with Crippen molar-refractivity contribution in [1.29, 1.82) is 0 Å². The fourth-order valence-corrected chi connectivity index (χ4v) is 5.67. The molecule has 0 unspecified atom stereocenters. The summed E-state index contributed by atoms with van der Waals surface area (Å²) in [6, 6.07) is 3.15. The smallest absolute Gasteiger partial charge is 0.416 e. The van der Waals surface area contributed by atoms with Gasteiger partial charge in [0.2, 0.25) is 12.2 Å². The van der Waals surface area contributed by atoms with Crippen molar-refractivity contribution >= 4 is 35.2 Å². The van der Waals surface area contributed by atoms with Gasteiger partial charge in [-0.3, -0.25) is 9.59 Å². The molecule has 15 heteroatoms. The zero-order valence-corrected chi connectivity index (χ0v) is 26.3. The number of benzene rings is 1. The van der Waals surface area contributed by atoms with Gasteiger partial charge in [-0.25, -0.2) is 4.79 Å². The third-order valence-corrected chi connectivity index (χ3v) is 7.89. The van der Waals surface area contributed by atoms with Gasteiger partial charge >= 0.3 is 12.3 Å². The number of hydrogen-bond donors (Lipinski definition) is 1. The number of aromatic nitrogens is 4. The second-order valence-corrected chi connectivity index (χ2v) is 12.3. The zero-order valence-electron chi connectivity index (χ0n) is 26.3. The normalized spacial score (nSPS) is 16.8. The predicted octanol–water partition coefficient (Wildman–Crippen LogP) is 4.28. The number of rotatable bonds is 4. The Morgan fingerprint density at radius 2 is 1.83 bits per heavy atom. The lowest BCUT2D eigenvalue weighted by molar-refractivity contribution is -0.137. The molecule has 1 fully saturated rings. The number of piperazine rings is 1. The Morgan fingerprint density at radius 1 is 1.09 bits per heavy atom. The summed E-state index contributed by atoms with van der Waals surface area (Å²) in [5.74, 6) is 1.22. The van der Waals surface area contributed by atoms with Crippen LogP contribution in [-0.4, -0.2) is 81.6 Å². The van der Waals surface area contributed by atoms with Gasteiger partial charge in [0.05, 0.1) is 24.5 Å². The molecule has 0 saturated carbocycles. The van der Waals surface area contributed by atoms with Gasteiger partial charge in [-0.15, -0.1) is 5.10 Å². The first kappa shape index (κ1) is 33.0. The molecule has 3 aliphatic heterocycles. The number of alkyl halides is 3. The molecule has 6 rings (SSSR count). The lowest BCUT2D eigenvalue weighted by atomic mass is 10.1. The van der Waals surface area contributed by atoms with E-state index in [2.05, 4.69) is 19.9 Å². The first-order chi connectivity index (χ1) is 21.8. The second kappa shape index (κ2) is 13.1. The molecule has 0 atom stereocenters. The van der Waals surface area contributed by atoms with Crippen LogP contribution in [0.1, 0.15) is 56.3 Å². The molecule has 0 aliphatic carbocycles. The van der Waals surface area contributed by atoms with Gasteiger partial charge in [0.15, 0.2) is 5.82 Å². The molecule has 1 N–H and O–H groups in total. The Labute approximate surface area is 263 Å². The number of halogens is 3. The van der Waals surface area contributed by atoms with Crippen molar-refractivity contribution in [2.45, 2.75) is 65.3 Å². The molecule has 2 aromatic heterocycles. The summed E-state index contributed by atoms with van der Waals surface area (Å²) in [4.78, 5) is 44.6. The number of carbonyl (C=O) groups is 2. The predicted molar refractivity (Wildman–Crippen MR) is 165 cm³/mol. The topological polar surface area (TPSA) is 123 Å². The molecular formula is C31H38F3N7O5. The maximum absolute atomic E-state index is 13.5. The highest BCUT2D eigenvalue weighted by Gasteiger charge is 2.32. The molecule has 3 aliphatic rings. The number of hydrogen-bond acceptors (Lipinski definition) is 8. The highest BCUT2D eigenvalue weighted by molar-refractivity contribution is 5.73. The Morgan fingerprint density at radius 3 is 2.43 bits per heavy atom. The first-order valence-electron chi connectivity index (χ1n) is 15.2. The average molecular weight is 646 g/mol. The highest BCUT2D eigenvalue weighted by Crippen LogP contribution is 2.31. The Balaban J connectivity index is 0.000000251. The van der Waals surface area contributed by atoms with E-state index in [-0.39, 0.29) is 11.7 Å². The minimum Gasteiger partial charge on any atom is -0.444 e. The maximum atomic E-state index is 13.5. The summed E-state index contributed by atoms with van der Waals surface area (Å²) in [6.45, 7) is 11.3. The van der Waals surface area contributed by atoms with Crippen LogP contribution in [0.2, 0.25) is 0 Å². The van der Waals surface area contributed by atoms with Crippen molar-refractivity contribution < 1.29 is 32.2 Å². The summed E-state index contributed by atoms with van der Waals surface area (Å²) in [5.41, 5.74) is 2.13. The third-order valence-electron chi connectivity index (χ3n) is 7.89. The van der Waals surface area contributed by atoms with Crippen LogP contribution in [0.15, 0.2) is 29.1 Å². The summed E-state index contributed by atoms with van der Waals surface area (Å²) in [7, 11) is 0. The molecule has 2 amide bonds. The number of carbonyl (C=O) groups excluding carboxylic acids is 2. The average Bonchev–Trinajstić information content (AvgIpc) is 3.66. The quantitative estimate of drug-likeness (QED) is 0.418. The number of amides is 2. The van der Waals surface area contributed by atoms with E-state index < -0.39 is 17.3 Å². The van der Waals surface area contributed by atoms with Crippen molar-refractivity contribution in [2.24, 2.45) is 0 Å². The first-order valence-corrected chi connectivity index (χ1v) is 15.2. The van der Waals surface area contributed by atoms with Gasteiger partial charge in [-0.05, 0) is 76.3 Å². The molecule has 0 bridgehead atoms. The minimum atomic E-state index is -4.34. The molecule has 5 heterocycles. The fraction of sp³-hybridized carbons (Fsp3) is 0.516. The van der Waals surface area contributed by atoms with Gasteiger partial charge in [0.25, 0.3) is 5.56 Å². The Bertz CT molecular complexity index is 1700. The lowest BCUT2D eigenvalue weighted by Gasteiger charge is -2.37. The zero-order chi connectivity index (χ0) is 33.2. The van der Waals surface area contributed by atoms with Crippen LogP contribution < -0.4 is 15.8 Å². The van der Waals surface area contributed by atoms with Gasteiger partial charge in [-0.2, -0.15) is 22.7 Å². The largest absolute Gasteiger partial charge is 0.444 e. The third kappa shape index (κ3) is 7.19. The number of fused-ring (bicyclic) bond motifs is 3. The molecular weight excluding hydrogens is 607 g/mol. The van der Waals surface area contributed by atoms with Crippen LogP contribution in [0.4, 0.5) is 29.3 Å². The van der Waals surface area contributed by atoms with Crippen LogP contribution in [0.3, 0.4) is 0 Å². The number of nitrogens with zero attached hydrogens (tertiary/aromatic N) is 6. The summed E-state index contributed by atoms with van der Waals surface area (Å²) < 4.78 is 51.1. The van der Waals surface area contributed by atoms with E-state index in [1.807, 2.05) is 26.8 Å². The summed E-state index contributed by atoms with van der Waals surface area (Å²) >= 11 is 0. The second-order valence-electron chi connectivity index (χ2n) is 12.3. The fourth-order valence-electron chi connectivity index (χ4n) is 5.67. The SMILES string of the molecule is CC(C)(C)OC(=O)N1CCN(c2c3n(c4nc(C5=CCOCC5)nn4c2=O)CCC3)CC1.Cc1cc(C(F)(F)F)ccc1NC=O. The van der Waals surface area contributed by atoms with Crippen LogP contribution in [0, 0.1) is 6.92 Å². The molecule has 1 aromatic carbocycles. The van der Waals surface area contributed by atoms with E-state index in [4.69, 9.17) is 14.5 Å². The number of nitrogens with one attached hydrogen (secondary N) is 1. The molecule has 248 valence electrons. The van der Waals surface area contributed by atoms with Gasteiger partial charge in [-0.1, -0.05) is 6.08 Å². The van der Waals surface area contributed by atoms with Crippen LogP contribution in [-0.2, 0) is 33.4 Å². The lowest BCUT2D eigenvalue weighted by Crippen LogP contribution is -2.51. The van der Waals surface area contributed by atoms with Crippen LogP contribution >= 0.6 is 0 Å². The van der Waals surface area contributed by atoms with Crippen LogP contribution in [0.25, 0.3) is 11.4 Å². The molecule has 0 radical (unpaired) electrons. The summed E-state index contributed by atoms with van der Waals surface area (Å²) in [6.07, 6.45) is 0.330. The Hall–Kier alpha value is -4.40. The van der Waals surface area contributed by atoms with Gasteiger partial charge in [0, 0.05) is 38.4 Å². The van der Waals surface area contributed by atoms with Gasteiger partial charge in [0.1, 0.15) is 11.3 Å². The maximum Gasteiger partial charge on any atom is 0.416 e. The molecule has 1 saturated heterocycles. The van der Waals surface area contributed by atoms with E-state index in [1.54, 1.807) is 4.90 Å². The standard InChI is InChI=1S/C22H30N6O4.C9H8F3NO/c1-22(2,3)32-21(30)26-11-9-25(10-12-26)17-16-5-4-8-27(16)20-23-18(24-28(20)19(17)29)15-6-13-31-14-7-15;1-6-4-7(9(10,11)12)2-3-8(6)13-5-14/h6H,4-5,7-14H2,1-3H3;2-5H,1H3,(H,13,14). The van der Waals surface area contributed by atoms with E-state index in [1.165, 1.54) is 17.5 Å². The summed E-state index contributed by atoms with van der Waals surface area (Å²) in [5, 5.41) is 6.90. The number of ether oxygens (including phenoxy) is 2. The van der Waals surface area contributed by atoms with E-state index >= 15 is 0 Å². The number of aryl methyl sites for hydroxylation is 2. The van der Waals surface area contributed by atoms with E-state index in [9.17, 15) is 27.6 Å². The van der Waals surface area contributed by atoms with Crippen molar-refractivity contribution in [1.82, 2.24) is 24.1 Å². The molecule has 12 nitrogen and oxygen atoms in total. The van der Waals surface area contributed by atoms with Crippen LogP contribution in [0.5, 0.6) is 0 Å². The van der Waals surface area contributed by atoms with Gasteiger partial charge < -0.3 is 29.2 Å². The van der Waals surface area contributed by atoms with E-state index in [0.29, 0.717) is 74.3 Å². The molecule has 46 heavy (non-hydrogen) atoms. The molecule has 3 aromatic rings. The van der Waals surface area contributed by atoms with E-state index in [0.717, 1.165) is 49.2 Å². The Kier molecular flexibility index (Phi) is 9.42. The van der Waals surface area contributed by atoms with Crippen molar-refractivity contribution in [3.05, 3.63) is 57.3 Å². The monoisotopic (exact) mass is 645 g/mol. The number of anilines is 2. The van der Waals surface area contributed by atoms with Crippen molar-refractivity contribution in [3.63, 3.8) is 0 Å². The van der Waals surface area contributed by atoms with Crippen molar-refractivity contribution in [3.8, 4) is 0 Å². The molecule has 0 spiro atoms.